The van der Waals surface area contributed by atoms with E-state index in [9.17, 15) is 13.2 Å². The van der Waals surface area contributed by atoms with Crippen LogP contribution in [0.5, 0.6) is 11.5 Å². The molecule has 3 rings (SSSR count). The number of amides is 1. The van der Waals surface area contributed by atoms with E-state index >= 15 is 0 Å². The Bertz CT molecular complexity index is 939. The quantitative estimate of drug-likeness (QED) is 0.761. The van der Waals surface area contributed by atoms with Crippen LogP contribution in [0.1, 0.15) is 31.7 Å². The number of allylic oxidation sites excluding steroid dienone is 1. The van der Waals surface area contributed by atoms with Gasteiger partial charge in [-0.3, -0.25) is 4.79 Å². The minimum Gasteiger partial charge on any atom is -0.497 e. The SMILES string of the molecule is COc1ccc(OC)c(C2=NS(=O)(=O)N(C)C(C(=O)N3CCCC[C@H]3C)=C2)c1. The van der Waals surface area contributed by atoms with Crippen LogP contribution in [0.25, 0.3) is 0 Å². The highest BCUT2D eigenvalue weighted by Crippen LogP contribution is 2.30. The molecule has 0 spiro atoms. The van der Waals surface area contributed by atoms with Crippen LogP contribution < -0.4 is 9.47 Å². The summed E-state index contributed by atoms with van der Waals surface area (Å²) in [5.41, 5.74) is 0.654. The van der Waals surface area contributed by atoms with Crippen LogP contribution in [0.15, 0.2) is 34.4 Å². The number of rotatable bonds is 4. The number of benzene rings is 1. The third kappa shape index (κ3) is 3.71. The predicted molar refractivity (Wildman–Crippen MR) is 106 cm³/mol. The molecular formula is C19H25N3O5S. The normalized spacial score (nSPS) is 21.6. The average molecular weight is 407 g/mol. The van der Waals surface area contributed by atoms with Crippen molar-refractivity contribution in [3.63, 3.8) is 0 Å². The third-order valence-corrected chi connectivity index (χ3v) is 6.45. The molecule has 2 aliphatic rings. The molecule has 9 heteroatoms. The summed E-state index contributed by atoms with van der Waals surface area (Å²) >= 11 is 0. The standard InChI is InChI=1S/C19H25N3O5S/c1-13-7-5-6-10-22(13)19(23)17-12-16(20-28(24,25)21(17)2)15-11-14(26-3)8-9-18(15)27-4/h8-9,11-13H,5-7,10H2,1-4H3/t13-/m1/s1. The van der Waals surface area contributed by atoms with Crippen LogP contribution in [0.4, 0.5) is 0 Å². The van der Waals surface area contributed by atoms with Gasteiger partial charge in [0.25, 0.3) is 5.91 Å². The van der Waals surface area contributed by atoms with E-state index in [1.165, 1.54) is 27.3 Å². The van der Waals surface area contributed by atoms with E-state index in [4.69, 9.17) is 9.47 Å². The number of ether oxygens (including phenoxy) is 2. The maximum Gasteiger partial charge on any atom is 0.345 e. The zero-order valence-electron chi connectivity index (χ0n) is 16.5. The van der Waals surface area contributed by atoms with Crippen molar-refractivity contribution in [2.75, 3.05) is 27.8 Å². The van der Waals surface area contributed by atoms with E-state index in [1.54, 1.807) is 23.1 Å². The average Bonchev–Trinajstić information content (AvgIpc) is 2.69. The molecule has 1 aromatic rings. The Labute approximate surface area is 165 Å². The number of carbonyl (C=O) groups is 1. The van der Waals surface area contributed by atoms with Gasteiger partial charge in [0.05, 0.1) is 19.9 Å². The zero-order chi connectivity index (χ0) is 20.5. The fourth-order valence-corrected chi connectivity index (χ4v) is 4.34. The Kier molecular flexibility index (Phi) is 5.64. The van der Waals surface area contributed by atoms with Crippen LogP contribution in [0.2, 0.25) is 0 Å². The molecule has 2 heterocycles. The molecule has 0 aromatic heterocycles. The van der Waals surface area contributed by atoms with Crippen LogP contribution >= 0.6 is 0 Å². The number of likely N-dealkylation sites (tertiary alicyclic amines) is 1. The van der Waals surface area contributed by atoms with Crippen molar-refractivity contribution in [3.05, 3.63) is 35.5 Å². The fraction of sp³-hybridized carbons (Fsp3) is 0.474. The summed E-state index contributed by atoms with van der Waals surface area (Å²) in [5, 5.41) is 0. The molecule has 1 atom stereocenters. The van der Waals surface area contributed by atoms with E-state index in [2.05, 4.69) is 4.40 Å². The van der Waals surface area contributed by atoms with Gasteiger partial charge in [0.1, 0.15) is 17.2 Å². The van der Waals surface area contributed by atoms with Crippen LogP contribution in [0, 0.1) is 0 Å². The van der Waals surface area contributed by atoms with Crippen molar-refractivity contribution in [1.29, 1.82) is 0 Å². The van der Waals surface area contributed by atoms with Gasteiger partial charge in [-0.25, -0.2) is 4.31 Å². The summed E-state index contributed by atoms with van der Waals surface area (Å²) < 4.78 is 40.7. The molecule has 0 saturated carbocycles. The lowest BCUT2D eigenvalue weighted by molar-refractivity contribution is -0.131. The number of carbonyl (C=O) groups excluding carboxylic acids is 1. The smallest absolute Gasteiger partial charge is 0.345 e. The van der Waals surface area contributed by atoms with Crippen LogP contribution in [0.3, 0.4) is 0 Å². The number of hydrogen-bond acceptors (Lipinski definition) is 5. The van der Waals surface area contributed by atoms with Crippen molar-refractivity contribution in [2.45, 2.75) is 32.2 Å². The van der Waals surface area contributed by atoms with Crippen LogP contribution in [-0.4, -0.2) is 63.1 Å². The van der Waals surface area contributed by atoms with Crippen molar-refractivity contribution in [2.24, 2.45) is 4.40 Å². The number of piperidine rings is 1. The van der Waals surface area contributed by atoms with E-state index in [1.807, 2.05) is 6.92 Å². The molecule has 0 aliphatic carbocycles. The Balaban J connectivity index is 2.08. The summed E-state index contributed by atoms with van der Waals surface area (Å²) in [4.78, 5) is 14.9. The zero-order valence-corrected chi connectivity index (χ0v) is 17.3. The Morgan fingerprint density at radius 2 is 1.96 bits per heavy atom. The molecule has 8 nitrogen and oxygen atoms in total. The molecule has 1 saturated heterocycles. The van der Waals surface area contributed by atoms with Gasteiger partial charge in [0.2, 0.25) is 0 Å². The molecule has 0 bridgehead atoms. The van der Waals surface area contributed by atoms with Crippen molar-refractivity contribution in [1.82, 2.24) is 9.21 Å². The lowest BCUT2D eigenvalue weighted by atomic mass is 10.0. The van der Waals surface area contributed by atoms with Crippen molar-refractivity contribution < 1.29 is 22.7 Å². The Morgan fingerprint density at radius 3 is 2.61 bits per heavy atom. The molecule has 28 heavy (non-hydrogen) atoms. The van der Waals surface area contributed by atoms with Gasteiger partial charge in [0, 0.05) is 25.2 Å². The monoisotopic (exact) mass is 407 g/mol. The first-order valence-electron chi connectivity index (χ1n) is 9.12. The van der Waals surface area contributed by atoms with Crippen molar-refractivity contribution in [3.8, 4) is 11.5 Å². The second kappa shape index (κ2) is 7.83. The highest BCUT2D eigenvalue weighted by molar-refractivity contribution is 7.88. The van der Waals surface area contributed by atoms with Gasteiger partial charge >= 0.3 is 10.2 Å². The van der Waals surface area contributed by atoms with Gasteiger partial charge in [-0.15, -0.1) is 4.40 Å². The van der Waals surface area contributed by atoms with E-state index in [-0.39, 0.29) is 23.4 Å². The highest BCUT2D eigenvalue weighted by atomic mass is 32.2. The molecule has 1 fully saturated rings. The molecule has 0 radical (unpaired) electrons. The highest BCUT2D eigenvalue weighted by Gasteiger charge is 2.35. The predicted octanol–water partition coefficient (Wildman–Crippen LogP) is 1.97. The Hall–Kier alpha value is -2.55. The number of likely N-dealkylation sites (N-methyl/N-ethyl adjacent to an activating group) is 1. The van der Waals surface area contributed by atoms with E-state index < -0.39 is 10.2 Å². The third-order valence-electron chi connectivity index (χ3n) is 5.14. The molecule has 152 valence electrons. The second-order valence-electron chi connectivity index (χ2n) is 6.86. The molecule has 0 N–H and O–H groups in total. The molecule has 1 aromatic carbocycles. The van der Waals surface area contributed by atoms with Gasteiger partial charge in [-0.1, -0.05) is 0 Å². The van der Waals surface area contributed by atoms with Crippen molar-refractivity contribution >= 4 is 21.8 Å². The van der Waals surface area contributed by atoms with Crippen LogP contribution in [-0.2, 0) is 15.0 Å². The van der Waals surface area contributed by atoms with E-state index in [0.29, 0.717) is 23.6 Å². The minimum absolute atomic E-state index is 0.0620. The summed E-state index contributed by atoms with van der Waals surface area (Å²) in [6.45, 7) is 2.59. The second-order valence-corrected chi connectivity index (χ2v) is 8.49. The summed E-state index contributed by atoms with van der Waals surface area (Å²) in [6.07, 6.45) is 4.37. The number of nitrogens with zero attached hydrogens (tertiary/aromatic N) is 3. The maximum atomic E-state index is 13.2. The van der Waals surface area contributed by atoms with Gasteiger partial charge < -0.3 is 14.4 Å². The maximum absolute atomic E-state index is 13.2. The molecule has 0 unspecified atom stereocenters. The molecular weight excluding hydrogens is 382 g/mol. The molecule has 2 aliphatic heterocycles. The van der Waals surface area contributed by atoms with Gasteiger partial charge in [-0.2, -0.15) is 8.42 Å². The first-order chi connectivity index (χ1) is 13.3. The topological polar surface area (TPSA) is 88.5 Å². The number of hydrogen-bond donors (Lipinski definition) is 0. The lowest BCUT2D eigenvalue weighted by Gasteiger charge is -2.36. The minimum atomic E-state index is -4.04. The first-order valence-corrected chi connectivity index (χ1v) is 10.5. The number of methoxy groups -OCH3 is 2. The van der Waals surface area contributed by atoms with E-state index in [0.717, 1.165) is 23.6 Å². The first kappa shape index (κ1) is 20.2. The summed E-state index contributed by atoms with van der Waals surface area (Å²) in [6, 6.07) is 5.08. The summed E-state index contributed by atoms with van der Waals surface area (Å²) in [7, 11) is 0.301. The van der Waals surface area contributed by atoms with Gasteiger partial charge in [-0.05, 0) is 50.5 Å². The molecule has 1 amide bonds. The van der Waals surface area contributed by atoms with Gasteiger partial charge in [0.15, 0.2) is 0 Å². The lowest BCUT2D eigenvalue weighted by Crippen LogP contribution is -2.46. The Morgan fingerprint density at radius 1 is 1.21 bits per heavy atom. The largest absolute Gasteiger partial charge is 0.497 e. The fourth-order valence-electron chi connectivity index (χ4n) is 3.44. The summed E-state index contributed by atoms with van der Waals surface area (Å²) in [5.74, 6) is 0.655.